The molecule has 0 aliphatic heterocycles. The van der Waals surface area contributed by atoms with Crippen molar-refractivity contribution in [2.24, 2.45) is 0 Å². The van der Waals surface area contributed by atoms with Crippen LogP contribution in [0.4, 0.5) is 0 Å². The van der Waals surface area contributed by atoms with E-state index >= 15 is 0 Å². The Morgan fingerprint density at radius 2 is 2.04 bits per heavy atom. The minimum Gasteiger partial charge on any atom is -0.491 e. The highest BCUT2D eigenvalue weighted by Gasteiger charge is 2.09. The molecule has 3 nitrogen and oxygen atoms in total. The van der Waals surface area contributed by atoms with Crippen molar-refractivity contribution in [2.45, 2.75) is 25.6 Å². The van der Waals surface area contributed by atoms with Gasteiger partial charge in [-0.2, -0.15) is 0 Å². The van der Waals surface area contributed by atoms with Crippen LogP contribution >= 0.6 is 23.4 Å². The van der Waals surface area contributed by atoms with Crippen molar-refractivity contribution in [3.05, 3.63) is 64.7 Å². The molecule has 0 heterocycles. The summed E-state index contributed by atoms with van der Waals surface area (Å²) in [5.41, 5.74) is 2.21. The van der Waals surface area contributed by atoms with Crippen molar-refractivity contribution < 1.29 is 9.53 Å². The summed E-state index contributed by atoms with van der Waals surface area (Å²) in [6, 6.07) is 15.5. The van der Waals surface area contributed by atoms with Gasteiger partial charge in [-0.1, -0.05) is 41.9 Å². The minimum atomic E-state index is -0.0381. The van der Waals surface area contributed by atoms with Crippen LogP contribution in [0.15, 0.2) is 48.5 Å². The molecule has 0 unspecified atom stereocenters. The zero-order valence-corrected chi connectivity index (χ0v) is 15.5. The van der Waals surface area contributed by atoms with Crippen LogP contribution in [-0.2, 0) is 10.5 Å². The van der Waals surface area contributed by atoms with E-state index in [0.29, 0.717) is 12.4 Å². The zero-order valence-electron chi connectivity index (χ0n) is 13.9. The van der Waals surface area contributed by atoms with Gasteiger partial charge in [0.05, 0.1) is 11.8 Å². The molecule has 0 aliphatic rings. The smallest absolute Gasteiger partial charge is 0.230 e. The quantitative estimate of drug-likeness (QED) is 0.752. The number of halogens is 1. The van der Waals surface area contributed by atoms with Gasteiger partial charge >= 0.3 is 0 Å². The van der Waals surface area contributed by atoms with E-state index < -0.39 is 0 Å². The number of carbonyl (C=O) groups is 1. The SMILES string of the molecule is Cc1ccccc1OC[C@H](C)NC(=O)CSCc1cccc(Cl)c1. The maximum atomic E-state index is 12.0. The van der Waals surface area contributed by atoms with Gasteiger partial charge in [-0.25, -0.2) is 0 Å². The Kier molecular flexibility index (Phi) is 7.47. The van der Waals surface area contributed by atoms with Gasteiger partial charge in [0.15, 0.2) is 0 Å². The molecule has 2 aromatic carbocycles. The Hall–Kier alpha value is -1.65. The number of rotatable bonds is 8. The molecule has 2 rings (SSSR count). The average molecular weight is 364 g/mol. The van der Waals surface area contributed by atoms with Crippen LogP contribution in [0.3, 0.4) is 0 Å². The van der Waals surface area contributed by atoms with E-state index in [4.69, 9.17) is 16.3 Å². The fourth-order valence-electron chi connectivity index (χ4n) is 2.18. The van der Waals surface area contributed by atoms with Gasteiger partial charge in [-0.05, 0) is 43.2 Å². The van der Waals surface area contributed by atoms with Crippen LogP contribution in [0.1, 0.15) is 18.1 Å². The fraction of sp³-hybridized carbons (Fsp3) is 0.316. The number of nitrogens with one attached hydrogen (secondary N) is 1. The van der Waals surface area contributed by atoms with Gasteiger partial charge in [-0.3, -0.25) is 4.79 Å². The summed E-state index contributed by atoms with van der Waals surface area (Å²) in [7, 11) is 0. The largest absolute Gasteiger partial charge is 0.491 e. The second-order valence-corrected chi connectivity index (χ2v) is 7.09. The highest BCUT2D eigenvalue weighted by molar-refractivity contribution is 7.99. The van der Waals surface area contributed by atoms with Crippen LogP contribution in [0.2, 0.25) is 5.02 Å². The third-order valence-corrected chi connectivity index (χ3v) is 4.62. The third-order valence-electron chi connectivity index (χ3n) is 3.38. The van der Waals surface area contributed by atoms with Crippen molar-refractivity contribution in [3.63, 3.8) is 0 Å². The minimum absolute atomic E-state index is 0.0166. The van der Waals surface area contributed by atoms with Crippen LogP contribution < -0.4 is 10.1 Å². The van der Waals surface area contributed by atoms with E-state index in [1.54, 1.807) is 11.8 Å². The Morgan fingerprint density at radius 3 is 2.79 bits per heavy atom. The maximum Gasteiger partial charge on any atom is 0.230 e. The molecule has 1 amide bonds. The van der Waals surface area contributed by atoms with Crippen LogP contribution in [0, 0.1) is 6.92 Å². The molecule has 0 aromatic heterocycles. The first-order valence-corrected chi connectivity index (χ1v) is 9.38. The summed E-state index contributed by atoms with van der Waals surface area (Å²) in [5, 5.41) is 3.68. The molecule has 24 heavy (non-hydrogen) atoms. The molecule has 0 bridgehead atoms. The number of para-hydroxylation sites is 1. The zero-order chi connectivity index (χ0) is 17.4. The number of benzene rings is 2. The lowest BCUT2D eigenvalue weighted by atomic mass is 10.2. The third kappa shape index (κ3) is 6.46. The highest BCUT2D eigenvalue weighted by Crippen LogP contribution is 2.17. The highest BCUT2D eigenvalue weighted by atomic mass is 35.5. The van der Waals surface area contributed by atoms with Crippen molar-refractivity contribution in [2.75, 3.05) is 12.4 Å². The molecule has 0 saturated heterocycles. The first-order valence-electron chi connectivity index (χ1n) is 7.84. The predicted octanol–water partition coefficient (Wildman–Crippen LogP) is 4.47. The lowest BCUT2D eigenvalue weighted by molar-refractivity contribution is -0.119. The molecule has 0 saturated carbocycles. The number of amides is 1. The van der Waals surface area contributed by atoms with Crippen LogP contribution in [-0.4, -0.2) is 24.3 Å². The molecule has 1 atom stereocenters. The van der Waals surface area contributed by atoms with Gasteiger partial charge in [0.2, 0.25) is 5.91 Å². The van der Waals surface area contributed by atoms with Crippen molar-refractivity contribution >= 4 is 29.3 Å². The average Bonchev–Trinajstić information content (AvgIpc) is 2.54. The summed E-state index contributed by atoms with van der Waals surface area (Å²) in [6.07, 6.45) is 0. The van der Waals surface area contributed by atoms with Gasteiger partial charge < -0.3 is 10.1 Å². The molecular weight excluding hydrogens is 342 g/mol. The first kappa shape index (κ1) is 18.7. The molecule has 5 heteroatoms. The number of hydrogen-bond acceptors (Lipinski definition) is 3. The Balaban J connectivity index is 1.67. The van der Waals surface area contributed by atoms with Crippen LogP contribution in [0.5, 0.6) is 5.75 Å². The van der Waals surface area contributed by atoms with Crippen LogP contribution in [0.25, 0.3) is 0 Å². The van der Waals surface area contributed by atoms with E-state index in [1.807, 2.05) is 62.4 Å². The van der Waals surface area contributed by atoms with E-state index in [0.717, 1.165) is 27.7 Å². The number of ether oxygens (including phenoxy) is 1. The van der Waals surface area contributed by atoms with Crippen molar-refractivity contribution in [3.8, 4) is 5.75 Å². The topological polar surface area (TPSA) is 38.3 Å². The molecule has 0 aliphatic carbocycles. The van der Waals surface area contributed by atoms with E-state index in [1.165, 1.54) is 0 Å². The molecule has 0 radical (unpaired) electrons. The lowest BCUT2D eigenvalue weighted by Gasteiger charge is -2.16. The lowest BCUT2D eigenvalue weighted by Crippen LogP contribution is -2.37. The molecule has 0 fully saturated rings. The number of carbonyl (C=O) groups excluding carboxylic acids is 1. The second-order valence-electron chi connectivity index (χ2n) is 5.67. The Bertz CT molecular complexity index is 678. The summed E-state index contributed by atoms with van der Waals surface area (Å²) < 4.78 is 5.75. The van der Waals surface area contributed by atoms with Gasteiger partial charge in [0.25, 0.3) is 0 Å². The number of thioether (sulfide) groups is 1. The number of hydrogen-bond donors (Lipinski definition) is 1. The normalized spacial score (nSPS) is 11.8. The molecular formula is C19H22ClNO2S. The second kappa shape index (κ2) is 9.60. The predicted molar refractivity (Wildman–Crippen MR) is 102 cm³/mol. The monoisotopic (exact) mass is 363 g/mol. The fourth-order valence-corrected chi connectivity index (χ4v) is 3.18. The number of aryl methyl sites for hydroxylation is 1. The van der Waals surface area contributed by atoms with Crippen molar-refractivity contribution in [1.29, 1.82) is 0 Å². The van der Waals surface area contributed by atoms with Crippen molar-refractivity contribution in [1.82, 2.24) is 5.32 Å². The van der Waals surface area contributed by atoms with Gasteiger partial charge in [0.1, 0.15) is 12.4 Å². The molecule has 2 aromatic rings. The standard InChI is InChI=1S/C19H22ClNO2S/c1-14-6-3-4-9-18(14)23-11-15(2)21-19(22)13-24-12-16-7-5-8-17(20)10-16/h3-10,15H,11-13H2,1-2H3,(H,21,22)/t15-/m0/s1. The van der Waals surface area contributed by atoms with Gasteiger partial charge in [0, 0.05) is 10.8 Å². The van der Waals surface area contributed by atoms with E-state index in [2.05, 4.69) is 5.32 Å². The summed E-state index contributed by atoms with van der Waals surface area (Å²) in [6.45, 7) is 4.40. The summed E-state index contributed by atoms with van der Waals surface area (Å²) in [4.78, 5) is 12.0. The van der Waals surface area contributed by atoms with Gasteiger partial charge in [-0.15, -0.1) is 11.8 Å². The van der Waals surface area contributed by atoms with E-state index in [9.17, 15) is 4.79 Å². The molecule has 128 valence electrons. The Morgan fingerprint density at radius 1 is 1.25 bits per heavy atom. The van der Waals surface area contributed by atoms with E-state index in [-0.39, 0.29) is 11.9 Å². The summed E-state index contributed by atoms with van der Waals surface area (Å²) in [5.74, 6) is 2.06. The maximum absolute atomic E-state index is 12.0. The first-order chi connectivity index (χ1) is 11.5. The molecule has 1 N–H and O–H groups in total. The summed E-state index contributed by atoms with van der Waals surface area (Å²) >= 11 is 7.52. The molecule has 0 spiro atoms. The Labute approximate surface area is 152 Å².